The topological polar surface area (TPSA) is 230 Å². The Balaban J connectivity index is 2.05. The predicted octanol–water partition coefficient (Wildman–Crippen LogP) is -0.880. The number of amides is 1. The van der Waals surface area contributed by atoms with Crippen molar-refractivity contribution in [2.24, 2.45) is 17.6 Å². The van der Waals surface area contributed by atoms with Crippen molar-refractivity contribution in [3.8, 4) is 5.75 Å². The van der Waals surface area contributed by atoms with Crippen molar-refractivity contribution < 1.29 is 39.9 Å². The van der Waals surface area contributed by atoms with Crippen molar-refractivity contribution in [1.29, 1.82) is 0 Å². The Labute approximate surface area is 175 Å². The summed E-state index contributed by atoms with van der Waals surface area (Å²) in [6.45, 7) is 1.58. The fraction of sp³-hybridized carbons (Fsp3) is 0.350. The number of primary amides is 1. The molecule has 11 heteroatoms. The van der Waals surface area contributed by atoms with Crippen molar-refractivity contribution in [3.63, 3.8) is 0 Å². The predicted molar refractivity (Wildman–Crippen MR) is 106 cm³/mol. The van der Waals surface area contributed by atoms with Crippen molar-refractivity contribution in [1.82, 2.24) is 0 Å². The van der Waals surface area contributed by atoms with Crippen LogP contribution in [0.3, 0.4) is 0 Å². The third kappa shape index (κ3) is 2.32. The molecule has 0 radical (unpaired) electrons. The van der Waals surface area contributed by atoms with Gasteiger partial charge in [0, 0.05) is 29.5 Å². The maximum Gasteiger partial charge on any atom is 0.255 e. The SMILES string of the molecule is C[C@H]1c2c(N)cc(N)c(O)c2C(O)=C2C(=O)[C@]3(O)C(O)=C(C(N)=O)C(=O)C[C@@H]3[C@H](O)[C@@H]21. The van der Waals surface area contributed by atoms with Gasteiger partial charge in [0.2, 0.25) is 5.78 Å². The number of ketones is 2. The number of aliphatic hydroxyl groups excluding tert-OH is 3. The quantitative estimate of drug-likeness (QED) is 0.118. The summed E-state index contributed by atoms with van der Waals surface area (Å²) in [6, 6.07) is 1.27. The molecule has 0 bridgehead atoms. The lowest BCUT2D eigenvalue weighted by atomic mass is 9.55. The fourth-order valence-electron chi connectivity index (χ4n) is 5.21. The van der Waals surface area contributed by atoms with Crippen molar-refractivity contribution in [2.45, 2.75) is 31.0 Å². The van der Waals surface area contributed by atoms with Crippen molar-refractivity contribution >= 4 is 34.6 Å². The molecular weight excluding hydrogens is 410 g/mol. The highest BCUT2D eigenvalue weighted by atomic mass is 16.4. The first kappa shape index (κ1) is 20.7. The second kappa shape index (κ2) is 6.22. The first-order chi connectivity index (χ1) is 14.3. The van der Waals surface area contributed by atoms with E-state index in [0.29, 0.717) is 0 Å². The van der Waals surface area contributed by atoms with Crippen LogP contribution >= 0.6 is 0 Å². The van der Waals surface area contributed by atoms with Gasteiger partial charge in [0.05, 0.1) is 17.4 Å². The Morgan fingerprint density at radius 3 is 2.35 bits per heavy atom. The van der Waals surface area contributed by atoms with E-state index < -0.39 is 81.8 Å². The van der Waals surface area contributed by atoms with E-state index in [9.17, 15) is 39.9 Å². The minimum absolute atomic E-state index is 0.0994. The van der Waals surface area contributed by atoms with Gasteiger partial charge in [-0.05, 0) is 17.5 Å². The Kier molecular flexibility index (Phi) is 4.15. The van der Waals surface area contributed by atoms with Gasteiger partial charge < -0.3 is 42.7 Å². The summed E-state index contributed by atoms with van der Waals surface area (Å²) < 4.78 is 0. The molecule has 0 unspecified atom stereocenters. The maximum absolute atomic E-state index is 13.4. The number of Topliss-reactive ketones (excluding diaryl/α,β-unsaturated/α-hetero) is 2. The first-order valence-electron chi connectivity index (χ1n) is 9.41. The lowest BCUT2D eigenvalue weighted by Gasteiger charge is -2.50. The van der Waals surface area contributed by atoms with E-state index >= 15 is 0 Å². The highest BCUT2D eigenvalue weighted by Crippen LogP contribution is 2.57. The van der Waals surface area contributed by atoms with Gasteiger partial charge in [-0.3, -0.25) is 14.4 Å². The van der Waals surface area contributed by atoms with Gasteiger partial charge >= 0.3 is 0 Å². The van der Waals surface area contributed by atoms with E-state index in [4.69, 9.17) is 17.2 Å². The molecule has 3 aliphatic rings. The maximum atomic E-state index is 13.4. The Morgan fingerprint density at radius 2 is 1.77 bits per heavy atom. The molecule has 0 spiro atoms. The number of aliphatic hydroxyl groups is 4. The zero-order valence-electron chi connectivity index (χ0n) is 16.3. The van der Waals surface area contributed by atoms with E-state index in [1.54, 1.807) is 6.92 Å². The van der Waals surface area contributed by atoms with Crippen LogP contribution < -0.4 is 17.2 Å². The first-order valence-corrected chi connectivity index (χ1v) is 9.41. The number of phenolic OH excluding ortho intramolecular Hbond substituents is 1. The standard InChI is InChI=1S/C20H21N3O8/c1-4-9-6(21)3-7(22)15(26)12(9)16(27)13-10(4)14(25)5-2-8(24)11(19(23)30)17(28)20(5,31)18(13)29/h3-5,10,14,25-28,31H,2,21-22H2,1H3,(H2,23,30)/t4-,5+,10+,14-,20+/m0/s1. The summed E-state index contributed by atoms with van der Waals surface area (Å²) in [6.07, 6.45) is -2.25. The van der Waals surface area contributed by atoms with Gasteiger partial charge in [-0.1, -0.05) is 6.92 Å². The molecule has 1 amide bonds. The Morgan fingerprint density at radius 1 is 1.16 bits per heavy atom. The molecule has 31 heavy (non-hydrogen) atoms. The highest BCUT2D eigenvalue weighted by molar-refractivity contribution is 6.23. The van der Waals surface area contributed by atoms with Gasteiger partial charge in [0.25, 0.3) is 5.91 Å². The van der Waals surface area contributed by atoms with Crippen LogP contribution in [0.25, 0.3) is 5.76 Å². The second-order valence-electron chi connectivity index (χ2n) is 8.18. The zero-order chi connectivity index (χ0) is 23.2. The monoisotopic (exact) mass is 431 g/mol. The van der Waals surface area contributed by atoms with Crippen LogP contribution in [0.2, 0.25) is 0 Å². The second-order valence-corrected chi connectivity index (χ2v) is 8.18. The summed E-state index contributed by atoms with van der Waals surface area (Å²) in [5.41, 5.74) is 12.5. The van der Waals surface area contributed by atoms with E-state index in [1.165, 1.54) is 6.07 Å². The summed E-state index contributed by atoms with van der Waals surface area (Å²) >= 11 is 0. The molecule has 4 rings (SSSR count). The smallest absolute Gasteiger partial charge is 0.255 e. The number of anilines is 2. The van der Waals surface area contributed by atoms with Crippen LogP contribution in [0, 0.1) is 11.8 Å². The van der Waals surface area contributed by atoms with E-state index in [1.807, 2.05) is 0 Å². The number of nitrogens with two attached hydrogens (primary N) is 3. The highest BCUT2D eigenvalue weighted by Gasteiger charge is 2.65. The Hall–Kier alpha value is -3.57. The fourth-order valence-corrected chi connectivity index (χ4v) is 5.21. The van der Waals surface area contributed by atoms with Crippen molar-refractivity contribution in [3.05, 3.63) is 34.1 Å². The van der Waals surface area contributed by atoms with Crippen LogP contribution in [0.1, 0.15) is 30.4 Å². The number of aromatic hydroxyl groups is 1. The Bertz CT molecular complexity index is 1150. The largest absolute Gasteiger partial charge is 0.508 e. The zero-order valence-corrected chi connectivity index (χ0v) is 16.3. The number of hydrogen-bond acceptors (Lipinski definition) is 10. The number of nitrogen functional groups attached to an aromatic ring is 2. The molecule has 1 saturated carbocycles. The minimum Gasteiger partial charge on any atom is -0.508 e. The molecular formula is C20H21N3O8. The molecule has 11 N–H and O–H groups in total. The number of rotatable bonds is 1. The number of phenols is 1. The minimum atomic E-state index is -2.88. The lowest BCUT2D eigenvalue weighted by molar-refractivity contribution is -0.160. The van der Waals surface area contributed by atoms with Crippen LogP contribution in [-0.4, -0.2) is 54.7 Å². The molecule has 0 aliphatic heterocycles. The molecule has 0 saturated heterocycles. The van der Waals surface area contributed by atoms with Crippen LogP contribution in [-0.2, 0) is 14.4 Å². The molecule has 1 aromatic rings. The third-order valence-corrected chi connectivity index (χ3v) is 6.66. The van der Waals surface area contributed by atoms with E-state index in [0.717, 1.165) is 0 Å². The normalized spacial score (nSPS) is 32.5. The molecule has 5 atom stereocenters. The third-order valence-electron chi connectivity index (χ3n) is 6.66. The molecule has 164 valence electrons. The van der Waals surface area contributed by atoms with Gasteiger partial charge in [0.15, 0.2) is 11.4 Å². The molecule has 3 aliphatic carbocycles. The van der Waals surface area contributed by atoms with Crippen LogP contribution in [0.4, 0.5) is 11.4 Å². The molecule has 0 aromatic heterocycles. The van der Waals surface area contributed by atoms with Gasteiger partial charge in [-0.15, -0.1) is 0 Å². The van der Waals surface area contributed by atoms with Crippen LogP contribution in [0.5, 0.6) is 5.75 Å². The molecule has 1 aromatic carbocycles. The summed E-state index contributed by atoms with van der Waals surface area (Å²) in [5.74, 6) is -9.52. The van der Waals surface area contributed by atoms with Gasteiger partial charge in [-0.2, -0.15) is 0 Å². The number of hydrogen-bond donors (Lipinski definition) is 8. The summed E-state index contributed by atoms with van der Waals surface area (Å²) in [7, 11) is 0. The average Bonchev–Trinajstić information content (AvgIpc) is 2.67. The van der Waals surface area contributed by atoms with Crippen LogP contribution in [0.15, 0.2) is 23.0 Å². The van der Waals surface area contributed by atoms with Crippen molar-refractivity contribution in [2.75, 3.05) is 11.5 Å². The van der Waals surface area contributed by atoms with E-state index in [-0.39, 0.29) is 22.5 Å². The lowest BCUT2D eigenvalue weighted by Crippen LogP contribution is -2.63. The molecule has 1 fully saturated rings. The molecule has 11 nitrogen and oxygen atoms in total. The van der Waals surface area contributed by atoms with Gasteiger partial charge in [-0.25, -0.2) is 0 Å². The molecule has 0 heterocycles. The number of carbonyl (C=O) groups is 3. The number of carbonyl (C=O) groups excluding carboxylic acids is 3. The summed E-state index contributed by atoms with van der Waals surface area (Å²) in [4.78, 5) is 37.4. The average molecular weight is 431 g/mol. The van der Waals surface area contributed by atoms with Gasteiger partial charge in [0.1, 0.15) is 22.8 Å². The summed E-state index contributed by atoms with van der Waals surface area (Å²) in [5, 5.41) is 54.1. The number of fused-ring (bicyclic) bond motifs is 3. The van der Waals surface area contributed by atoms with E-state index in [2.05, 4.69) is 0 Å². The number of benzene rings is 1.